The molecule has 0 atom stereocenters. The highest BCUT2D eigenvalue weighted by atomic mass is 32.1. The van der Waals surface area contributed by atoms with Crippen molar-refractivity contribution in [2.24, 2.45) is 0 Å². The summed E-state index contributed by atoms with van der Waals surface area (Å²) in [5.74, 6) is -0.383. The molecule has 3 aromatic rings. The fraction of sp³-hybridized carbons (Fsp3) is 0.125. The van der Waals surface area contributed by atoms with Crippen LogP contribution < -0.4 is 16.0 Å². The first kappa shape index (κ1) is 21.2. The number of amides is 2. The van der Waals surface area contributed by atoms with E-state index in [9.17, 15) is 9.59 Å². The number of carbonyl (C=O) groups is 2. The van der Waals surface area contributed by atoms with E-state index >= 15 is 0 Å². The summed E-state index contributed by atoms with van der Waals surface area (Å²) in [4.78, 5) is 24.6. The minimum absolute atomic E-state index is 0.162. The molecule has 0 spiro atoms. The highest BCUT2D eigenvalue weighted by molar-refractivity contribution is 7.80. The zero-order valence-electron chi connectivity index (χ0n) is 16.6. The lowest BCUT2D eigenvalue weighted by Crippen LogP contribution is -2.34. The van der Waals surface area contributed by atoms with E-state index in [1.54, 1.807) is 24.3 Å². The van der Waals surface area contributed by atoms with E-state index in [2.05, 4.69) is 16.0 Å². The fourth-order valence-electron chi connectivity index (χ4n) is 2.92. The Hall–Kier alpha value is -3.51. The third-order valence-electron chi connectivity index (χ3n) is 4.40. The molecule has 0 fully saturated rings. The van der Waals surface area contributed by atoms with Crippen LogP contribution in [0.3, 0.4) is 0 Å². The van der Waals surface area contributed by atoms with Gasteiger partial charge in [0, 0.05) is 23.4 Å². The molecular formula is C24H23N3O2S. The second-order valence-corrected chi connectivity index (χ2v) is 7.30. The maximum absolute atomic E-state index is 12.5. The lowest BCUT2D eigenvalue weighted by Gasteiger charge is -2.11. The maximum Gasteiger partial charge on any atom is 0.255 e. The molecule has 0 bridgehead atoms. The molecule has 0 saturated carbocycles. The predicted molar refractivity (Wildman–Crippen MR) is 125 cm³/mol. The molecule has 3 rings (SSSR count). The van der Waals surface area contributed by atoms with Gasteiger partial charge in [0.1, 0.15) is 0 Å². The number of hydrogen-bond donors (Lipinski definition) is 3. The third kappa shape index (κ3) is 6.53. The predicted octanol–water partition coefficient (Wildman–Crippen LogP) is 4.69. The third-order valence-corrected chi connectivity index (χ3v) is 4.60. The summed E-state index contributed by atoms with van der Waals surface area (Å²) in [7, 11) is 0. The number of carbonyl (C=O) groups excluding carboxylic acids is 2. The first-order valence-electron chi connectivity index (χ1n) is 9.62. The van der Waals surface area contributed by atoms with Crippen molar-refractivity contribution in [3.8, 4) is 0 Å². The molecule has 0 aliphatic carbocycles. The number of anilines is 2. The van der Waals surface area contributed by atoms with Crippen molar-refractivity contribution >= 4 is 40.5 Å². The van der Waals surface area contributed by atoms with Gasteiger partial charge in [-0.05, 0) is 67.0 Å². The minimum Gasteiger partial charge on any atom is -0.332 e. The quantitative estimate of drug-likeness (QED) is 0.509. The Labute approximate surface area is 181 Å². The van der Waals surface area contributed by atoms with E-state index in [-0.39, 0.29) is 16.9 Å². The Morgan fingerprint density at radius 1 is 0.833 bits per heavy atom. The van der Waals surface area contributed by atoms with Gasteiger partial charge >= 0.3 is 0 Å². The van der Waals surface area contributed by atoms with Gasteiger partial charge < -0.3 is 16.0 Å². The van der Waals surface area contributed by atoms with Crippen molar-refractivity contribution in [2.45, 2.75) is 19.8 Å². The monoisotopic (exact) mass is 417 g/mol. The Morgan fingerprint density at radius 3 is 2.27 bits per heavy atom. The minimum atomic E-state index is -0.220. The Bertz CT molecular complexity index is 1050. The summed E-state index contributed by atoms with van der Waals surface area (Å²) in [6, 6.07) is 24.4. The molecule has 3 N–H and O–H groups in total. The molecule has 30 heavy (non-hydrogen) atoms. The second kappa shape index (κ2) is 10.3. The molecule has 0 radical (unpaired) electrons. The van der Waals surface area contributed by atoms with Gasteiger partial charge in [-0.15, -0.1) is 0 Å². The topological polar surface area (TPSA) is 70.2 Å². The SMILES string of the molecule is Cc1cccc(NC(=O)c2cccc(NC(=S)NC(=O)CCc3ccccc3)c2)c1. The summed E-state index contributed by atoms with van der Waals surface area (Å²) >= 11 is 5.23. The van der Waals surface area contributed by atoms with Gasteiger partial charge in [0.2, 0.25) is 5.91 Å². The zero-order chi connectivity index (χ0) is 21.3. The Balaban J connectivity index is 1.53. The molecule has 0 aliphatic rings. The van der Waals surface area contributed by atoms with Gasteiger partial charge in [-0.3, -0.25) is 9.59 Å². The highest BCUT2D eigenvalue weighted by Gasteiger charge is 2.09. The molecule has 0 aliphatic heterocycles. The lowest BCUT2D eigenvalue weighted by atomic mass is 10.1. The number of hydrogen-bond acceptors (Lipinski definition) is 3. The number of rotatable bonds is 6. The van der Waals surface area contributed by atoms with Gasteiger partial charge in [0.25, 0.3) is 5.91 Å². The zero-order valence-corrected chi connectivity index (χ0v) is 17.5. The summed E-state index contributed by atoms with van der Waals surface area (Å²) in [5, 5.41) is 8.71. The average Bonchev–Trinajstić information content (AvgIpc) is 2.73. The molecular weight excluding hydrogens is 394 g/mol. The van der Waals surface area contributed by atoms with Crippen LogP contribution >= 0.6 is 12.2 Å². The number of aryl methyl sites for hydroxylation is 2. The second-order valence-electron chi connectivity index (χ2n) is 6.89. The number of benzene rings is 3. The normalized spacial score (nSPS) is 10.2. The standard InChI is InChI=1S/C24H23N3O2S/c1-17-7-5-11-20(15-17)25-23(29)19-10-6-12-21(16-19)26-24(30)27-22(28)14-13-18-8-3-2-4-9-18/h2-12,15-16H,13-14H2,1H3,(H,25,29)(H2,26,27,28,30). The Morgan fingerprint density at radius 2 is 1.53 bits per heavy atom. The van der Waals surface area contributed by atoms with Crippen LogP contribution in [0, 0.1) is 6.92 Å². The van der Waals surface area contributed by atoms with Crippen molar-refractivity contribution < 1.29 is 9.59 Å². The van der Waals surface area contributed by atoms with Gasteiger partial charge in [-0.1, -0.05) is 48.5 Å². The fourth-order valence-corrected chi connectivity index (χ4v) is 3.15. The molecule has 152 valence electrons. The average molecular weight is 418 g/mol. The summed E-state index contributed by atoms with van der Waals surface area (Å²) in [6.45, 7) is 1.97. The molecule has 0 aromatic heterocycles. The molecule has 0 heterocycles. The van der Waals surface area contributed by atoms with Crippen LogP contribution in [-0.2, 0) is 11.2 Å². The van der Waals surface area contributed by atoms with E-state index in [1.807, 2.05) is 61.5 Å². The summed E-state index contributed by atoms with van der Waals surface area (Å²) in [6.07, 6.45) is 0.981. The van der Waals surface area contributed by atoms with Gasteiger partial charge in [-0.2, -0.15) is 0 Å². The number of thiocarbonyl (C=S) groups is 1. The van der Waals surface area contributed by atoms with Crippen molar-refractivity contribution in [1.29, 1.82) is 0 Å². The molecule has 2 amide bonds. The Kier molecular flexibility index (Phi) is 7.29. The van der Waals surface area contributed by atoms with Crippen LogP contribution in [0.2, 0.25) is 0 Å². The van der Waals surface area contributed by atoms with Crippen LogP contribution in [0.25, 0.3) is 0 Å². The first-order valence-corrected chi connectivity index (χ1v) is 10.0. The van der Waals surface area contributed by atoms with Crippen LogP contribution in [0.4, 0.5) is 11.4 Å². The van der Waals surface area contributed by atoms with Crippen molar-refractivity contribution in [3.05, 3.63) is 95.6 Å². The van der Waals surface area contributed by atoms with Gasteiger partial charge in [0.15, 0.2) is 5.11 Å². The molecule has 6 heteroatoms. The van der Waals surface area contributed by atoms with E-state index < -0.39 is 0 Å². The smallest absolute Gasteiger partial charge is 0.255 e. The van der Waals surface area contributed by atoms with Crippen molar-refractivity contribution in [2.75, 3.05) is 10.6 Å². The van der Waals surface area contributed by atoms with E-state index in [4.69, 9.17) is 12.2 Å². The maximum atomic E-state index is 12.5. The van der Waals surface area contributed by atoms with E-state index in [0.717, 1.165) is 16.8 Å². The molecule has 5 nitrogen and oxygen atoms in total. The van der Waals surface area contributed by atoms with Crippen molar-refractivity contribution in [3.63, 3.8) is 0 Å². The highest BCUT2D eigenvalue weighted by Crippen LogP contribution is 2.15. The molecule has 3 aromatic carbocycles. The van der Waals surface area contributed by atoms with Crippen LogP contribution in [0.1, 0.15) is 27.9 Å². The summed E-state index contributed by atoms with van der Waals surface area (Å²) < 4.78 is 0. The van der Waals surface area contributed by atoms with Crippen LogP contribution in [-0.4, -0.2) is 16.9 Å². The summed E-state index contributed by atoms with van der Waals surface area (Å²) in [5.41, 5.74) is 4.01. The lowest BCUT2D eigenvalue weighted by molar-refractivity contribution is -0.119. The molecule has 0 saturated heterocycles. The van der Waals surface area contributed by atoms with E-state index in [0.29, 0.717) is 24.1 Å². The first-order chi connectivity index (χ1) is 14.5. The van der Waals surface area contributed by atoms with Crippen LogP contribution in [0.15, 0.2) is 78.9 Å². The van der Waals surface area contributed by atoms with E-state index in [1.165, 1.54) is 0 Å². The molecule has 0 unspecified atom stereocenters. The van der Waals surface area contributed by atoms with Gasteiger partial charge in [-0.25, -0.2) is 0 Å². The van der Waals surface area contributed by atoms with Gasteiger partial charge in [0.05, 0.1) is 0 Å². The largest absolute Gasteiger partial charge is 0.332 e. The van der Waals surface area contributed by atoms with Crippen molar-refractivity contribution in [1.82, 2.24) is 5.32 Å². The number of nitrogens with one attached hydrogen (secondary N) is 3. The van der Waals surface area contributed by atoms with Crippen LogP contribution in [0.5, 0.6) is 0 Å².